The summed E-state index contributed by atoms with van der Waals surface area (Å²) in [5.74, 6) is 0.273. The van der Waals surface area contributed by atoms with Crippen LogP contribution in [0.3, 0.4) is 0 Å². The van der Waals surface area contributed by atoms with Crippen LogP contribution in [-0.4, -0.2) is 19.0 Å². The van der Waals surface area contributed by atoms with E-state index in [0.717, 1.165) is 29.9 Å². The zero-order valence-electron chi connectivity index (χ0n) is 9.13. The predicted octanol–water partition coefficient (Wildman–Crippen LogP) is 1.46. The summed E-state index contributed by atoms with van der Waals surface area (Å²) in [6.45, 7) is 5.64. The van der Waals surface area contributed by atoms with Crippen molar-refractivity contribution in [3.63, 3.8) is 0 Å². The second-order valence-electron chi connectivity index (χ2n) is 4.11. The molecule has 0 spiro atoms. The lowest BCUT2D eigenvalue weighted by molar-refractivity contribution is -0.121. The number of carbonyl (C=O) groups excluding carboxylic acids is 1. The van der Waals surface area contributed by atoms with Crippen molar-refractivity contribution in [2.24, 2.45) is 5.92 Å². The first-order valence-corrected chi connectivity index (χ1v) is 5.26. The zero-order chi connectivity index (χ0) is 10.8. The third-order valence-corrected chi connectivity index (χ3v) is 2.88. The lowest BCUT2D eigenvalue weighted by Crippen LogP contribution is -2.48. The molecule has 0 aromatic heterocycles. The van der Waals surface area contributed by atoms with Crippen molar-refractivity contribution in [2.75, 3.05) is 18.4 Å². The lowest BCUT2D eigenvalue weighted by Gasteiger charge is -2.26. The number of aryl methyl sites for hydroxylation is 2. The maximum atomic E-state index is 11.7. The molecule has 1 heterocycles. The minimum atomic E-state index is 0.131. The summed E-state index contributed by atoms with van der Waals surface area (Å²) < 4.78 is 0. The van der Waals surface area contributed by atoms with Gasteiger partial charge in [-0.2, -0.15) is 0 Å². The molecule has 1 aromatic carbocycles. The van der Waals surface area contributed by atoms with E-state index in [1.807, 2.05) is 32.0 Å². The molecule has 2 rings (SSSR count). The van der Waals surface area contributed by atoms with Crippen LogP contribution in [0.15, 0.2) is 18.2 Å². The molecule has 0 saturated carbocycles. The van der Waals surface area contributed by atoms with Crippen LogP contribution in [0.5, 0.6) is 0 Å². The lowest BCUT2D eigenvalue weighted by atomic mass is 10.0. The molecule has 80 valence electrons. The summed E-state index contributed by atoms with van der Waals surface area (Å²) in [5.41, 5.74) is 3.21. The second kappa shape index (κ2) is 4.03. The minimum Gasteiger partial charge on any atom is -0.325 e. The van der Waals surface area contributed by atoms with Gasteiger partial charge in [0.2, 0.25) is 5.91 Å². The Labute approximate surface area is 89.9 Å². The van der Waals surface area contributed by atoms with Crippen LogP contribution in [0.1, 0.15) is 11.1 Å². The maximum Gasteiger partial charge on any atom is 0.230 e. The van der Waals surface area contributed by atoms with E-state index in [1.165, 1.54) is 0 Å². The molecule has 1 aliphatic heterocycles. The highest BCUT2D eigenvalue weighted by Gasteiger charge is 2.25. The molecule has 0 unspecified atom stereocenters. The summed E-state index contributed by atoms with van der Waals surface area (Å²) in [6, 6.07) is 6.04. The van der Waals surface area contributed by atoms with E-state index < -0.39 is 0 Å². The SMILES string of the molecule is Cc1cccc(C)c1NC(=O)C1CNC1. The molecule has 1 saturated heterocycles. The molecule has 2 N–H and O–H groups in total. The van der Waals surface area contributed by atoms with E-state index in [-0.39, 0.29) is 11.8 Å². The second-order valence-corrected chi connectivity index (χ2v) is 4.11. The number of carbonyl (C=O) groups is 1. The number of rotatable bonds is 2. The molecule has 1 amide bonds. The van der Waals surface area contributed by atoms with Gasteiger partial charge in [-0.25, -0.2) is 0 Å². The van der Waals surface area contributed by atoms with Crippen LogP contribution in [0.25, 0.3) is 0 Å². The highest BCUT2D eigenvalue weighted by molar-refractivity contribution is 5.94. The fourth-order valence-corrected chi connectivity index (χ4v) is 1.71. The molecule has 0 atom stereocenters. The van der Waals surface area contributed by atoms with Gasteiger partial charge >= 0.3 is 0 Å². The molecule has 1 aliphatic rings. The summed E-state index contributed by atoms with van der Waals surface area (Å²) >= 11 is 0. The third kappa shape index (κ3) is 2.02. The molecule has 0 bridgehead atoms. The molecule has 1 fully saturated rings. The van der Waals surface area contributed by atoms with Gasteiger partial charge in [0.15, 0.2) is 0 Å². The Balaban J connectivity index is 2.12. The van der Waals surface area contributed by atoms with Gasteiger partial charge in [0.05, 0.1) is 5.92 Å². The Kier molecular flexibility index (Phi) is 2.73. The first kappa shape index (κ1) is 10.2. The predicted molar refractivity (Wildman–Crippen MR) is 60.9 cm³/mol. The largest absolute Gasteiger partial charge is 0.325 e. The van der Waals surface area contributed by atoms with Crippen LogP contribution < -0.4 is 10.6 Å². The normalized spacial score (nSPS) is 15.9. The van der Waals surface area contributed by atoms with Gasteiger partial charge in [0, 0.05) is 18.8 Å². The highest BCUT2D eigenvalue weighted by atomic mass is 16.2. The monoisotopic (exact) mass is 204 g/mol. The number of para-hydroxylation sites is 1. The fourth-order valence-electron chi connectivity index (χ4n) is 1.71. The zero-order valence-corrected chi connectivity index (χ0v) is 9.13. The van der Waals surface area contributed by atoms with E-state index in [0.29, 0.717) is 0 Å². The molecular weight excluding hydrogens is 188 g/mol. The Morgan fingerprint density at radius 3 is 2.40 bits per heavy atom. The Morgan fingerprint density at radius 1 is 1.33 bits per heavy atom. The van der Waals surface area contributed by atoms with Crippen molar-refractivity contribution >= 4 is 11.6 Å². The fraction of sp³-hybridized carbons (Fsp3) is 0.417. The third-order valence-electron chi connectivity index (χ3n) is 2.88. The van der Waals surface area contributed by atoms with Crippen LogP contribution in [0, 0.1) is 19.8 Å². The first-order chi connectivity index (χ1) is 7.18. The summed E-state index contributed by atoms with van der Waals surface area (Å²) in [6.07, 6.45) is 0. The molecule has 15 heavy (non-hydrogen) atoms. The van der Waals surface area contributed by atoms with Crippen molar-refractivity contribution in [1.29, 1.82) is 0 Å². The van der Waals surface area contributed by atoms with E-state index in [1.54, 1.807) is 0 Å². The summed E-state index contributed by atoms with van der Waals surface area (Å²) in [5, 5.41) is 6.10. The average Bonchev–Trinajstić information content (AvgIpc) is 2.08. The number of amides is 1. The average molecular weight is 204 g/mol. The standard InChI is InChI=1S/C12H16N2O/c1-8-4-3-5-9(2)11(8)14-12(15)10-6-13-7-10/h3-5,10,13H,6-7H2,1-2H3,(H,14,15). The Morgan fingerprint density at radius 2 is 1.93 bits per heavy atom. The molecule has 1 aromatic rings. The first-order valence-electron chi connectivity index (χ1n) is 5.26. The van der Waals surface area contributed by atoms with Gasteiger partial charge in [0.1, 0.15) is 0 Å². The van der Waals surface area contributed by atoms with Crippen LogP contribution in [0.2, 0.25) is 0 Å². The number of benzene rings is 1. The van der Waals surface area contributed by atoms with E-state index in [9.17, 15) is 4.79 Å². The smallest absolute Gasteiger partial charge is 0.230 e. The highest BCUT2D eigenvalue weighted by Crippen LogP contribution is 2.20. The topological polar surface area (TPSA) is 41.1 Å². The number of anilines is 1. The van der Waals surface area contributed by atoms with E-state index >= 15 is 0 Å². The summed E-state index contributed by atoms with van der Waals surface area (Å²) in [4.78, 5) is 11.7. The van der Waals surface area contributed by atoms with Crippen molar-refractivity contribution in [3.05, 3.63) is 29.3 Å². The van der Waals surface area contributed by atoms with Crippen molar-refractivity contribution in [2.45, 2.75) is 13.8 Å². The number of hydrogen-bond acceptors (Lipinski definition) is 2. The molecule has 3 heteroatoms. The van der Waals surface area contributed by atoms with Crippen molar-refractivity contribution < 1.29 is 4.79 Å². The molecule has 0 aliphatic carbocycles. The van der Waals surface area contributed by atoms with Crippen LogP contribution in [-0.2, 0) is 4.79 Å². The number of hydrogen-bond donors (Lipinski definition) is 2. The van der Waals surface area contributed by atoms with Crippen LogP contribution in [0.4, 0.5) is 5.69 Å². The molecule has 3 nitrogen and oxygen atoms in total. The maximum absolute atomic E-state index is 11.7. The van der Waals surface area contributed by atoms with Crippen molar-refractivity contribution in [3.8, 4) is 0 Å². The number of nitrogens with one attached hydrogen (secondary N) is 2. The van der Waals surface area contributed by atoms with Gasteiger partial charge in [-0.05, 0) is 25.0 Å². The molecule has 0 radical (unpaired) electrons. The van der Waals surface area contributed by atoms with Gasteiger partial charge < -0.3 is 10.6 Å². The van der Waals surface area contributed by atoms with Gasteiger partial charge in [-0.1, -0.05) is 18.2 Å². The van der Waals surface area contributed by atoms with E-state index in [2.05, 4.69) is 10.6 Å². The van der Waals surface area contributed by atoms with Gasteiger partial charge in [0.25, 0.3) is 0 Å². The van der Waals surface area contributed by atoms with Gasteiger partial charge in [-0.15, -0.1) is 0 Å². The van der Waals surface area contributed by atoms with Crippen molar-refractivity contribution in [1.82, 2.24) is 5.32 Å². The molecular formula is C12H16N2O. The Bertz CT molecular complexity index is 363. The summed E-state index contributed by atoms with van der Waals surface area (Å²) in [7, 11) is 0. The van der Waals surface area contributed by atoms with Gasteiger partial charge in [-0.3, -0.25) is 4.79 Å². The minimum absolute atomic E-state index is 0.131. The Hall–Kier alpha value is -1.35. The van der Waals surface area contributed by atoms with Crippen LogP contribution >= 0.6 is 0 Å². The quantitative estimate of drug-likeness (QED) is 0.765. The van der Waals surface area contributed by atoms with E-state index in [4.69, 9.17) is 0 Å².